The summed E-state index contributed by atoms with van der Waals surface area (Å²) < 4.78 is 27.9. The van der Waals surface area contributed by atoms with Crippen molar-refractivity contribution in [3.63, 3.8) is 0 Å². The number of thioether (sulfide) groups is 1. The van der Waals surface area contributed by atoms with Gasteiger partial charge < -0.3 is 10.1 Å². The fourth-order valence-electron chi connectivity index (χ4n) is 1.94. The van der Waals surface area contributed by atoms with Gasteiger partial charge in [0, 0.05) is 10.6 Å². The van der Waals surface area contributed by atoms with E-state index in [1.165, 1.54) is 37.1 Å². The monoisotopic (exact) mass is 352 g/mol. The fourth-order valence-corrected chi connectivity index (χ4v) is 2.92. The Bertz CT molecular complexity index is 835. The van der Waals surface area contributed by atoms with E-state index in [1.807, 2.05) is 12.3 Å². The minimum atomic E-state index is -3.83. The van der Waals surface area contributed by atoms with Crippen LogP contribution in [0.15, 0.2) is 52.3 Å². The van der Waals surface area contributed by atoms with Crippen molar-refractivity contribution in [3.8, 4) is 5.75 Å². The lowest BCUT2D eigenvalue weighted by Gasteiger charge is -2.11. The molecular weight excluding hydrogens is 336 g/mol. The molecule has 2 aromatic rings. The number of primary sulfonamides is 1. The number of amides is 1. The third-order valence-corrected chi connectivity index (χ3v) is 4.71. The SMILES string of the molecule is COc1cc(SC)ccc1C(=O)Nc1cccc(S(N)(=O)=O)c1. The van der Waals surface area contributed by atoms with Gasteiger partial charge in [-0.25, -0.2) is 13.6 Å². The van der Waals surface area contributed by atoms with Crippen molar-refractivity contribution in [2.45, 2.75) is 9.79 Å². The average molecular weight is 352 g/mol. The molecule has 23 heavy (non-hydrogen) atoms. The van der Waals surface area contributed by atoms with Gasteiger partial charge in [-0.3, -0.25) is 4.79 Å². The number of ether oxygens (including phenoxy) is 1. The van der Waals surface area contributed by atoms with Crippen LogP contribution in [-0.4, -0.2) is 27.7 Å². The van der Waals surface area contributed by atoms with Gasteiger partial charge in [-0.1, -0.05) is 6.07 Å². The zero-order valence-corrected chi connectivity index (χ0v) is 14.2. The van der Waals surface area contributed by atoms with Gasteiger partial charge in [-0.15, -0.1) is 11.8 Å². The molecule has 0 aromatic heterocycles. The first-order valence-electron chi connectivity index (χ1n) is 6.51. The molecular formula is C15H16N2O4S2. The molecule has 1 amide bonds. The van der Waals surface area contributed by atoms with E-state index in [-0.39, 0.29) is 4.90 Å². The number of hydrogen-bond donors (Lipinski definition) is 2. The Balaban J connectivity index is 2.29. The predicted octanol–water partition coefficient (Wildman–Crippen LogP) is 2.32. The van der Waals surface area contributed by atoms with E-state index in [4.69, 9.17) is 9.88 Å². The highest BCUT2D eigenvalue weighted by Crippen LogP contribution is 2.26. The maximum atomic E-state index is 12.4. The Kier molecular flexibility index (Phi) is 5.30. The lowest BCUT2D eigenvalue weighted by atomic mass is 10.2. The number of sulfonamides is 1. The Morgan fingerprint density at radius 1 is 1.22 bits per heavy atom. The zero-order valence-electron chi connectivity index (χ0n) is 12.6. The molecule has 0 fully saturated rings. The van der Waals surface area contributed by atoms with Crippen LogP contribution in [-0.2, 0) is 10.0 Å². The summed E-state index contributed by atoms with van der Waals surface area (Å²) in [6.07, 6.45) is 1.92. The largest absolute Gasteiger partial charge is 0.496 e. The molecule has 0 aliphatic rings. The van der Waals surface area contributed by atoms with E-state index in [0.29, 0.717) is 17.0 Å². The van der Waals surface area contributed by atoms with E-state index in [0.717, 1.165) is 4.90 Å². The minimum absolute atomic E-state index is 0.0694. The van der Waals surface area contributed by atoms with Crippen molar-refractivity contribution < 1.29 is 17.9 Å². The molecule has 0 radical (unpaired) electrons. The first-order valence-corrected chi connectivity index (χ1v) is 9.28. The van der Waals surface area contributed by atoms with Crippen LogP contribution in [0, 0.1) is 0 Å². The maximum Gasteiger partial charge on any atom is 0.259 e. The summed E-state index contributed by atoms with van der Waals surface area (Å²) in [5.74, 6) is 0.0398. The summed E-state index contributed by atoms with van der Waals surface area (Å²) in [5, 5.41) is 7.72. The van der Waals surface area contributed by atoms with Crippen molar-refractivity contribution in [2.24, 2.45) is 5.14 Å². The van der Waals surface area contributed by atoms with Gasteiger partial charge in [0.25, 0.3) is 5.91 Å². The van der Waals surface area contributed by atoms with Crippen LogP contribution in [0.5, 0.6) is 5.75 Å². The third-order valence-electron chi connectivity index (χ3n) is 3.07. The van der Waals surface area contributed by atoms with Gasteiger partial charge in [0.05, 0.1) is 17.6 Å². The van der Waals surface area contributed by atoms with Crippen LogP contribution >= 0.6 is 11.8 Å². The predicted molar refractivity (Wildman–Crippen MR) is 90.5 cm³/mol. The minimum Gasteiger partial charge on any atom is -0.496 e. The van der Waals surface area contributed by atoms with E-state index in [1.54, 1.807) is 18.2 Å². The van der Waals surface area contributed by atoms with Gasteiger partial charge in [0.15, 0.2) is 0 Å². The third kappa shape index (κ3) is 4.25. The number of nitrogens with one attached hydrogen (secondary N) is 1. The van der Waals surface area contributed by atoms with Crippen molar-refractivity contribution in [2.75, 3.05) is 18.7 Å². The second kappa shape index (κ2) is 7.03. The normalized spacial score (nSPS) is 11.1. The number of rotatable bonds is 5. The Morgan fingerprint density at radius 2 is 1.96 bits per heavy atom. The molecule has 0 bridgehead atoms. The lowest BCUT2D eigenvalue weighted by molar-refractivity contribution is 0.102. The van der Waals surface area contributed by atoms with Gasteiger partial charge in [0.1, 0.15) is 5.75 Å². The van der Waals surface area contributed by atoms with Gasteiger partial charge in [0.2, 0.25) is 10.0 Å². The number of carbonyl (C=O) groups excluding carboxylic acids is 1. The molecule has 0 atom stereocenters. The number of anilines is 1. The first-order chi connectivity index (χ1) is 10.8. The fraction of sp³-hybridized carbons (Fsp3) is 0.133. The maximum absolute atomic E-state index is 12.4. The summed E-state index contributed by atoms with van der Waals surface area (Å²) in [5.41, 5.74) is 0.684. The van der Waals surface area contributed by atoms with Crippen LogP contribution in [0.25, 0.3) is 0 Å². The van der Waals surface area contributed by atoms with Crippen LogP contribution in [0.4, 0.5) is 5.69 Å². The molecule has 2 rings (SSSR count). The molecule has 122 valence electrons. The number of carbonyl (C=O) groups is 1. The van der Waals surface area contributed by atoms with E-state index in [2.05, 4.69) is 5.32 Å². The number of hydrogen-bond acceptors (Lipinski definition) is 5. The highest BCUT2D eigenvalue weighted by molar-refractivity contribution is 7.98. The van der Waals surface area contributed by atoms with Crippen molar-refractivity contribution >= 4 is 33.4 Å². The summed E-state index contributed by atoms with van der Waals surface area (Å²) in [4.78, 5) is 13.3. The molecule has 6 nitrogen and oxygen atoms in total. The first kappa shape index (κ1) is 17.3. The summed E-state index contributed by atoms with van der Waals surface area (Å²) in [7, 11) is -2.34. The second-order valence-corrected chi connectivity index (χ2v) is 7.03. The lowest BCUT2D eigenvalue weighted by Crippen LogP contribution is -2.15. The van der Waals surface area contributed by atoms with Gasteiger partial charge in [-0.2, -0.15) is 0 Å². The molecule has 3 N–H and O–H groups in total. The van der Waals surface area contributed by atoms with Crippen molar-refractivity contribution in [1.29, 1.82) is 0 Å². The number of nitrogens with two attached hydrogens (primary N) is 1. The van der Waals surface area contributed by atoms with Crippen molar-refractivity contribution in [3.05, 3.63) is 48.0 Å². The Hall–Kier alpha value is -2.03. The molecule has 0 aliphatic heterocycles. The molecule has 0 saturated carbocycles. The second-order valence-electron chi connectivity index (χ2n) is 4.59. The zero-order chi connectivity index (χ0) is 17.0. The van der Waals surface area contributed by atoms with Gasteiger partial charge in [-0.05, 0) is 42.7 Å². The standard InChI is InChI=1S/C15H16N2O4S2/c1-21-14-9-11(22-2)6-7-13(14)15(18)17-10-4-3-5-12(8-10)23(16,19)20/h3-9H,1-2H3,(H,17,18)(H2,16,19,20). The van der Waals surface area contributed by atoms with E-state index in [9.17, 15) is 13.2 Å². The topological polar surface area (TPSA) is 98.5 Å². The quantitative estimate of drug-likeness (QED) is 0.805. The molecule has 8 heteroatoms. The molecule has 0 aliphatic carbocycles. The van der Waals surface area contributed by atoms with Crippen LogP contribution < -0.4 is 15.2 Å². The molecule has 0 unspecified atom stereocenters. The Morgan fingerprint density at radius 3 is 2.57 bits per heavy atom. The van der Waals surface area contributed by atoms with E-state index >= 15 is 0 Å². The molecule has 2 aromatic carbocycles. The van der Waals surface area contributed by atoms with Crippen LogP contribution in [0.3, 0.4) is 0 Å². The smallest absolute Gasteiger partial charge is 0.259 e. The molecule has 0 saturated heterocycles. The molecule has 0 spiro atoms. The van der Waals surface area contributed by atoms with Crippen LogP contribution in [0.1, 0.15) is 10.4 Å². The van der Waals surface area contributed by atoms with E-state index < -0.39 is 15.9 Å². The molecule has 0 heterocycles. The highest BCUT2D eigenvalue weighted by Gasteiger charge is 2.14. The highest BCUT2D eigenvalue weighted by atomic mass is 32.2. The summed E-state index contributed by atoms with van der Waals surface area (Å²) >= 11 is 1.54. The summed E-state index contributed by atoms with van der Waals surface area (Å²) in [6, 6.07) is 11.0. The van der Waals surface area contributed by atoms with Gasteiger partial charge >= 0.3 is 0 Å². The summed E-state index contributed by atoms with van der Waals surface area (Å²) in [6.45, 7) is 0. The number of methoxy groups -OCH3 is 1. The van der Waals surface area contributed by atoms with Crippen molar-refractivity contribution in [1.82, 2.24) is 0 Å². The van der Waals surface area contributed by atoms with Crippen LogP contribution in [0.2, 0.25) is 0 Å². The number of benzene rings is 2. The Labute approximate surface area is 139 Å². The average Bonchev–Trinajstić information content (AvgIpc) is 2.53.